The first kappa shape index (κ1) is 17.1. The van der Waals surface area contributed by atoms with Crippen molar-refractivity contribution in [3.8, 4) is 0 Å². The van der Waals surface area contributed by atoms with Crippen molar-refractivity contribution in [1.82, 2.24) is 10.2 Å². The van der Waals surface area contributed by atoms with Crippen molar-refractivity contribution in [3.63, 3.8) is 0 Å². The lowest BCUT2D eigenvalue weighted by Gasteiger charge is -2.26. The molecule has 0 bridgehead atoms. The number of halogens is 1. The van der Waals surface area contributed by atoms with Gasteiger partial charge in [-0.05, 0) is 31.0 Å². The average Bonchev–Trinajstić information content (AvgIpc) is 2.72. The number of benzene rings is 1. The lowest BCUT2D eigenvalue weighted by atomic mass is 10.1. The van der Waals surface area contributed by atoms with Crippen molar-refractivity contribution < 1.29 is 14.3 Å². The lowest BCUT2D eigenvalue weighted by molar-refractivity contribution is 0.0704. The molecule has 122 valence electrons. The minimum atomic E-state index is -0.200. The van der Waals surface area contributed by atoms with Gasteiger partial charge in [0, 0.05) is 31.8 Å². The lowest BCUT2D eigenvalue weighted by Crippen LogP contribution is -2.45. The molecular formula is C16H23ClN2O3. The van der Waals surface area contributed by atoms with E-state index in [1.807, 2.05) is 31.2 Å². The molecule has 0 spiro atoms. The quantitative estimate of drug-likeness (QED) is 0.925. The summed E-state index contributed by atoms with van der Waals surface area (Å²) >= 11 is 5.91. The molecule has 1 aliphatic heterocycles. The first-order valence-corrected chi connectivity index (χ1v) is 7.89. The number of nitrogens with zero attached hydrogens (tertiary/aromatic N) is 1. The predicted molar refractivity (Wildman–Crippen MR) is 86.2 cm³/mol. The molecule has 0 saturated carbocycles. The summed E-state index contributed by atoms with van der Waals surface area (Å²) in [6.45, 7) is 4.40. The Hall–Kier alpha value is -1.30. The second-order valence-electron chi connectivity index (χ2n) is 5.49. The molecule has 0 aliphatic carbocycles. The highest BCUT2D eigenvalue weighted by Gasteiger charge is 2.22. The molecule has 1 aromatic rings. The van der Waals surface area contributed by atoms with Crippen molar-refractivity contribution in [2.24, 2.45) is 0 Å². The Bertz CT molecular complexity index is 481. The van der Waals surface area contributed by atoms with Gasteiger partial charge in [-0.25, -0.2) is 4.79 Å². The van der Waals surface area contributed by atoms with Gasteiger partial charge in [-0.2, -0.15) is 0 Å². The van der Waals surface area contributed by atoms with E-state index >= 15 is 0 Å². The Kier molecular flexibility index (Phi) is 6.49. The summed E-state index contributed by atoms with van der Waals surface area (Å²) in [5, 5.41) is 3.71. The van der Waals surface area contributed by atoms with E-state index in [0.717, 1.165) is 12.0 Å². The molecule has 0 aromatic heterocycles. The van der Waals surface area contributed by atoms with E-state index in [9.17, 15) is 4.79 Å². The van der Waals surface area contributed by atoms with Gasteiger partial charge in [-0.1, -0.05) is 23.7 Å². The Balaban J connectivity index is 2.03. The number of urea groups is 1. The molecule has 2 rings (SSSR count). The zero-order valence-electron chi connectivity index (χ0n) is 13.0. The van der Waals surface area contributed by atoms with Gasteiger partial charge in [0.25, 0.3) is 0 Å². The van der Waals surface area contributed by atoms with Crippen molar-refractivity contribution in [1.29, 1.82) is 0 Å². The molecular weight excluding hydrogens is 304 g/mol. The Morgan fingerprint density at radius 1 is 1.50 bits per heavy atom. The van der Waals surface area contributed by atoms with Crippen molar-refractivity contribution >= 4 is 17.6 Å². The van der Waals surface area contributed by atoms with Crippen LogP contribution in [0.15, 0.2) is 24.3 Å². The Labute approximate surface area is 136 Å². The first-order valence-electron chi connectivity index (χ1n) is 7.51. The largest absolute Gasteiger partial charge is 0.382 e. The molecule has 1 aliphatic rings. The van der Waals surface area contributed by atoms with Gasteiger partial charge >= 0.3 is 6.03 Å². The number of hydrogen-bond donors (Lipinski definition) is 1. The summed E-state index contributed by atoms with van der Waals surface area (Å²) in [5.41, 5.74) is 0.971. The van der Waals surface area contributed by atoms with Gasteiger partial charge in [0.15, 0.2) is 0 Å². The summed E-state index contributed by atoms with van der Waals surface area (Å²) in [6.07, 6.45) is 0.915. The monoisotopic (exact) mass is 326 g/mol. The van der Waals surface area contributed by atoms with Crippen LogP contribution < -0.4 is 5.32 Å². The van der Waals surface area contributed by atoms with Crippen molar-refractivity contribution in [3.05, 3.63) is 34.9 Å². The molecule has 1 fully saturated rings. The van der Waals surface area contributed by atoms with Crippen molar-refractivity contribution in [2.75, 3.05) is 33.4 Å². The SMILES string of the molecule is COC[C@@H](NC(=O)N1CCCO[C@@H](C)C1)c1ccc(Cl)cc1. The van der Waals surface area contributed by atoms with Crippen LogP contribution in [0, 0.1) is 0 Å². The normalized spacial score (nSPS) is 20.3. The minimum absolute atomic E-state index is 0.0599. The molecule has 2 amide bonds. The number of nitrogens with one attached hydrogen (secondary N) is 1. The van der Waals surface area contributed by atoms with Gasteiger partial charge in [0.1, 0.15) is 0 Å². The predicted octanol–water partition coefficient (Wildman–Crippen LogP) is 2.85. The molecule has 0 unspecified atom stereocenters. The molecule has 6 heteroatoms. The first-order chi connectivity index (χ1) is 10.6. The highest BCUT2D eigenvalue weighted by molar-refractivity contribution is 6.30. The number of carbonyl (C=O) groups is 1. The molecule has 2 atom stereocenters. The average molecular weight is 327 g/mol. The highest BCUT2D eigenvalue weighted by atomic mass is 35.5. The van der Waals surface area contributed by atoms with E-state index in [4.69, 9.17) is 21.1 Å². The molecule has 22 heavy (non-hydrogen) atoms. The smallest absolute Gasteiger partial charge is 0.318 e. The third kappa shape index (κ3) is 4.87. The van der Waals surface area contributed by atoms with Crippen LogP contribution >= 0.6 is 11.6 Å². The number of rotatable bonds is 4. The Morgan fingerprint density at radius 3 is 2.91 bits per heavy atom. The number of methoxy groups -OCH3 is 1. The number of hydrogen-bond acceptors (Lipinski definition) is 3. The molecule has 5 nitrogen and oxygen atoms in total. The van der Waals surface area contributed by atoms with Crippen LogP contribution in [0.3, 0.4) is 0 Å². The van der Waals surface area contributed by atoms with Gasteiger partial charge in [-0.15, -0.1) is 0 Å². The standard InChI is InChI=1S/C16H23ClN2O3/c1-12-10-19(8-3-9-22-12)16(20)18-15(11-21-2)13-4-6-14(17)7-5-13/h4-7,12,15H,3,8-11H2,1-2H3,(H,18,20)/t12-,15+/m0/s1. The van der Waals surface area contributed by atoms with E-state index in [-0.39, 0.29) is 18.2 Å². The van der Waals surface area contributed by atoms with Crippen molar-refractivity contribution in [2.45, 2.75) is 25.5 Å². The second kappa shape index (κ2) is 8.36. The van der Waals surface area contributed by atoms with E-state index in [2.05, 4.69) is 5.32 Å². The fourth-order valence-corrected chi connectivity index (χ4v) is 2.63. The van der Waals surface area contributed by atoms with E-state index in [1.165, 1.54) is 0 Å². The summed E-state index contributed by atoms with van der Waals surface area (Å²) < 4.78 is 10.8. The van der Waals surface area contributed by atoms with Crippen LogP contribution in [0.2, 0.25) is 5.02 Å². The summed E-state index contributed by atoms with van der Waals surface area (Å²) in [4.78, 5) is 14.3. The molecule has 1 heterocycles. The maximum atomic E-state index is 12.5. The van der Waals surface area contributed by atoms with Gasteiger partial charge in [0.2, 0.25) is 0 Å². The van der Waals surface area contributed by atoms with Crippen LogP contribution in [0.1, 0.15) is 24.9 Å². The molecule has 1 saturated heterocycles. The van der Waals surface area contributed by atoms with Gasteiger partial charge < -0.3 is 19.7 Å². The molecule has 1 aromatic carbocycles. The summed E-state index contributed by atoms with van der Waals surface area (Å²) in [7, 11) is 1.62. The fraction of sp³-hybridized carbons (Fsp3) is 0.562. The van der Waals surface area contributed by atoms with Crippen LogP contribution in [0.25, 0.3) is 0 Å². The van der Waals surface area contributed by atoms with Crippen LogP contribution in [-0.4, -0.2) is 50.4 Å². The van der Waals surface area contributed by atoms with Crippen LogP contribution in [0.4, 0.5) is 4.79 Å². The third-order valence-electron chi connectivity index (χ3n) is 3.64. The zero-order chi connectivity index (χ0) is 15.9. The van der Waals surface area contributed by atoms with Crippen LogP contribution in [0.5, 0.6) is 0 Å². The second-order valence-corrected chi connectivity index (χ2v) is 5.93. The molecule has 1 N–H and O–H groups in total. The summed E-state index contributed by atoms with van der Waals surface area (Å²) in [6, 6.07) is 7.14. The number of ether oxygens (including phenoxy) is 2. The number of amides is 2. The summed E-state index contributed by atoms with van der Waals surface area (Å²) in [5.74, 6) is 0. The number of carbonyl (C=O) groups excluding carboxylic acids is 1. The fourth-order valence-electron chi connectivity index (χ4n) is 2.50. The Morgan fingerprint density at radius 2 is 2.23 bits per heavy atom. The minimum Gasteiger partial charge on any atom is -0.382 e. The van der Waals surface area contributed by atoms with E-state index in [0.29, 0.717) is 31.3 Å². The maximum Gasteiger partial charge on any atom is 0.318 e. The zero-order valence-corrected chi connectivity index (χ0v) is 13.8. The maximum absolute atomic E-state index is 12.5. The van der Waals surface area contributed by atoms with Gasteiger partial charge in [-0.3, -0.25) is 0 Å². The molecule has 0 radical (unpaired) electrons. The van der Waals surface area contributed by atoms with Gasteiger partial charge in [0.05, 0.1) is 18.8 Å². The van der Waals surface area contributed by atoms with Crippen LogP contribution in [-0.2, 0) is 9.47 Å². The highest BCUT2D eigenvalue weighted by Crippen LogP contribution is 2.17. The third-order valence-corrected chi connectivity index (χ3v) is 3.89. The van der Waals surface area contributed by atoms with E-state index < -0.39 is 0 Å². The van der Waals surface area contributed by atoms with E-state index in [1.54, 1.807) is 12.0 Å². The topological polar surface area (TPSA) is 50.8 Å².